The molecule has 0 unspecified atom stereocenters. The van der Waals surface area contributed by atoms with Crippen LogP contribution in [0.5, 0.6) is 0 Å². The Morgan fingerprint density at radius 2 is 1.87 bits per heavy atom. The third kappa shape index (κ3) is 5.67. The van der Waals surface area contributed by atoms with E-state index in [1.807, 2.05) is 6.92 Å². The molecule has 1 aromatic carbocycles. The summed E-state index contributed by atoms with van der Waals surface area (Å²) < 4.78 is 27.5. The van der Waals surface area contributed by atoms with Gasteiger partial charge in [0.15, 0.2) is 0 Å². The Labute approximate surface area is 195 Å². The van der Waals surface area contributed by atoms with Crippen LogP contribution >= 0.6 is 27.3 Å². The molecule has 2 heterocycles. The predicted molar refractivity (Wildman–Crippen MR) is 128 cm³/mol. The minimum absolute atomic E-state index is 0.152. The number of benzene rings is 1. The van der Waals surface area contributed by atoms with Gasteiger partial charge in [0.2, 0.25) is 15.9 Å². The molecule has 7 nitrogen and oxygen atoms in total. The van der Waals surface area contributed by atoms with Gasteiger partial charge in [-0.05, 0) is 85.4 Å². The third-order valence-electron chi connectivity index (χ3n) is 5.11. The molecular formula is C21H26BrN3O4S2. The maximum Gasteiger partial charge on any atom is 0.262 e. The highest BCUT2D eigenvalue weighted by Crippen LogP contribution is 2.29. The molecule has 1 aromatic heterocycles. The zero-order valence-electron chi connectivity index (χ0n) is 17.7. The van der Waals surface area contributed by atoms with Crippen molar-refractivity contribution in [3.63, 3.8) is 0 Å². The topological polar surface area (TPSA) is 95.6 Å². The minimum Gasteiger partial charge on any atom is -0.337 e. The number of carbonyl (C=O) groups is 2. The summed E-state index contributed by atoms with van der Waals surface area (Å²) in [5.74, 6) is -0.542. The van der Waals surface area contributed by atoms with Gasteiger partial charge in [0, 0.05) is 12.2 Å². The van der Waals surface area contributed by atoms with Crippen LogP contribution < -0.4 is 14.9 Å². The fraction of sp³-hybridized carbons (Fsp3) is 0.429. The SMILES string of the molecule is Cc1cc(NC(=O)C(C)(C)NC(=O)c2ccc(Br)s2)ccc1N1CCCCCS1(=O)=O. The molecular weight excluding hydrogens is 502 g/mol. The van der Waals surface area contributed by atoms with Gasteiger partial charge in [0.25, 0.3) is 5.91 Å². The van der Waals surface area contributed by atoms with Gasteiger partial charge in [-0.1, -0.05) is 6.42 Å². The molecule has 1 fully saturated rings. The average Bonchev–Trinajstić information content (AvgIpc) is 3.03. The maximum atomic E-state index is 12.8. The quantitative estimate of drug-likeness (QED) is 0.606. The van der Waals surface area contributed by atoms with Crippen molar-refractivity contribution in [2.24, 2.45) is 0 Å². The number of rotatable bonds is 5. The zero-order chi connectivity index (χ0) is 22.8. The van der Waals surface area contributed by atoms with Crippen LogP contribution in [0.1, 0.15) is 48.3 Å². The molecule has 0 bridgehead atoms. The van der Waals surface area contributed by atoms with E-state index < -0.39 is 15.6 Å². The Morgan fingerprint density at radius 3 is 2.52 bits per heavy atom. The number of amides is 2. The first kappa shape index (κ1) is 23.7. The van der Waals surface area contributed by atoms with Gasteiger partial charge >= 0.3 is 0 Å². The minimum atomic E-state index is -3.34. The molecule has 2 amide bonds. The maximum absolute atomic E-state index is 12.8. The first-order chi connectivity index (χ1) is 14.5. The Hall–Kier alpha value is -1.91. The molecule has 0 aliphatic carbocycles. The van der Waals surface area contributed by atoms with Crippen molar-refractivity contribution in [1.82, 2.24) is 5.32 Å². The molecule has 1 aliphatic heterocycles. The fourth-order valence-corrected chi connectivity index (χ4v) is 6.36. The first-order valence-corrected chi connectivity index (χ1v) is 13.2. The number of halogens is 1. The van der Waals surface area contributed by atoms with Crippen molar-refractivity contribution < 1.29 is 18.0 Å². The van der Waals surface area contributed by atoms with Crippen LogP contribution in [0, 0.1) is 6.92 Å². The number of anilines is 2. The van der Waals surface area contributed by atoms with E-state index in [0.717, 1.165) is 22.2 Å². The van der Waals surface area contributed by atoms with Crippen LogP contribution in [0.4, 0.5) is 11.4 Å². The summed E-state index contributed by atoms with van der Waals surface area (Å²) >= 11 is 4.61. The number of sulfonamides is 1. The lowest BCUT2D eigenvalue weighted by Gasteiger charge is -2.26. The second kappa shape index (κ2) is 9.30. The molecule has 10 heteroatoms. The highest BCUT2D eigenvalue weighted by atomic mass is 79.9. The molecule has 0 saturated carbocycles. The highest BCUT2D eigenvalue weighted by Gasteiger charge is 2.31. The van der Waals surface area contributed by atoms with Crippen LogP contribution in [-0.2, 0) is 14.8 Å². The van der Waals surface area contributed by atoms with Crippen LogP contribution in [0.3, 0.4) is 0 Å². The molecule has 31 heavy (non-hydrogen) atoms. The first-order valence-electron chi connectivity index (χ1n) is 10.00. The van der Waals surface area contributed by atoms with E-state index in [0.29, 0.717) is 29.2 Å². The Kier molecular flexibility index (Phi) is 7.12. The summed E-state index contributed by atoms with van der Waals surface area (Å²) in [6.07, 6.45) is 2.40. The van der Waals surface area contributed by atoms with Gasteiger partial charge in [0.05, 0.1) is 20.1 Å². The van der Waals surface area contributed by atoms with Gasteiger partial charge in [-0.3, -0.25) is 13.9 Å². The van der Waals surface area contributed by atoms with Gasteiger partial charge in [0.1, 0.15) is 5.54 Å². The van der Waals surface area contributed by atoms with Crippen molar-refractivity contribution in [2.45, 2.75) is 45.6 Å². The number of hydrogen-bond donors (Lipinski definition) is 2. The second-order valence-corrected chi connectivity index (χ2v) is 12.6. The summed E-state index contributed by atoms with van der Waals surface area (Å²) in [6, 6.07) is 8.64. The predicted octanol–water partition coefficient (Wildman–Crippen LogP) is 4.29. The highest BCUT2D eigenvalue weighted by molar-refractivity contribution is 9.11. The van der Waals surface area contributed by atoms with Gasteiger partial charge in [-0.15, -0.1) is 11.3 Å². The molecule has 1 aliphatic rings. The van der Waals surface area contributed by atoms with E-state index in [1.165, 1.54) is 15.6 Å². The molecule has 2 aromatic rings. The lowest BCUT2D eigenvalue weighted by molar-refractivity contribution is -0.120. The molecule has 0 spiro atoms. The summed E-state index contributed by atoms with van der Waals surface area (Å²) in [5.41, 5.74) is 0.790. The number of hydrogen-bond acceptors (Lipinski definition) is 5. The lowest BCUT2D eigenvalue weighted by atomic mass is 10.0. The lowest BCUT2D eigenvalue weighted by Crippen LogP contribution is -2.52. The molecule has 3 rings (SSSR count). The van der Waals surface area contributed by atoms with Crippen molar-refractivity contribution in [3.8, 4) is 0 Å². The number of aryl methyl sites for hydroxylation is 1. The smallest absolute Gasteiger partial charge is 0.262 e. The number of nitrogens with one attached hydrogen (secondary N) is 2. The molecule has 2 N–H and O–H groups in total. The van der Waals surface area contributed by atoms with Crippen LogP contribution in [0.25, 0.3) is 0 Å². The molecule has 0 radical (unpaired) electrons. The van der Waals surface area contributed by atoms with Crippen molar-refractivity contribution in [2.75, 3.05) is 21.9 Å². The summed E-state index contributed by atoms with van der Waals surface area (Å²) in [5, 5.41) is 5.57. The summed E-state index contributed by atoms with van der Waals surface area (Å²) in [7, 11) is -3.34. The Morgan fingerprint density at radius 1 is 1.13 bits per heavy atom. The zero-order valence-corrected chi connectivity index (χ0v) is 20.9. The summed E-state index contributed by atoms with van der Waals surface area (Å²) in [4.78, 5) is 25.8. The largest absolute Gasteiger partial charge is 0.337 e. The third-order valence-corrected chi connectivity index (χ3v) is 8.59. The van der Waals surface area contributed by atoms with Crippen LogP contribution in [-0.4, -0.2) is 38.1 Å². The van der Waals surface area contributed by atoms with Crippen LogP contribution in [0.15, 0.2) is 34.1 Å². The fourth-order valence-electron chi connectivity index (χ4n) is 3.38. The Balaban J connectivity index is 1.72. The van der Waals surface area contributed by atoms with E-state index in [1.54, 1.807) is 44.2 Å². The van der Waals surface area contributed by atoms with Crippen LogP contribution in [0.2, 0.25) is 0 Å². The van der Waals surface area contributed by atoms with Gasteiger partial charge in [-0.25, -0.2) is 8.42 Å². The van der Waals surface area contributed by atoms with Gasteiger partial charge < -0.3 is 10.6 Å². The van der Waals surface area contributed by atoms with Crippen molar-refractivity contribution in [3.05, 3.63) is 44.6 Å². The average molecular weight is 528 g/mol. The monoisotopic (exact) mass is 527 g/mol. The van der Waals surface area contributed by atoms with E-state index in [9.17, 15) is 18.0 Å². The normalized spacial score (nSPS) is 16.5. The number of nitrogens with zero attached hydrogens (tertiary/aromatic N) is 1. The number of thiophene rings is 1. The van der Waals surface area contributed by atoms with E-state index in [2.05, 4.69) is 26.6 Å². The van der Waals surface area contributed by atoms with Crippen molar-refractivity contribution in [1.29, 1.82) is 0 Å². The molecule has 1 saturated heterocycles. The van der Waals surface area contributed by atoms with Crippen molar-refractivity contribution >= 4 is 60.5 Å². The number of carbonyl (C=O) groups excluding carboxylic acids is 2. The van der Waals surface area contributed by atoms with E-state index in [-0.39, 0.29) is 17.6 Å². The standard InChI is InChI=1S/C21H26BrN3O4S2/c1-14-13-15(7-8-16(14)25-11-5-4-6-12-31(25,28)29)23-20(27)21(2,3)24-19(26)17-9-10-18(22)30-17/h7-10,13H,4-6,11-12H2,1-3H3,(H,23,27)(H,24,26). The van der Waals surface area contributed by atoms with E-state index >= 15 is 0 Å². The van der Waals surface area contributed by atoms with Gasteiger partial charge in [-0.2, -0.15) is 0 Å². The molecule has 168 valence electrons. The second-order valence-electron chi connectivity index (χ2n) is 8.09. The summed E-state index contributed by atoms with van der Waals surface area (Å²) in [6.45, 7) is 5.56. The Bertz CT molecular complexity index is 1100. The molecule has 0 atom stereocenters. The van der Waals surface area contributed by atoms with E-state index in [4.69, 9.17) is 0 Å².